The van der Waals surface area contributed by atoms with Crippen LogP contribution in [0.25, 0.3) is 0 Å². The summed E-state index contributed by atoms with van der Waals surface area (Å²) in [5, 5.41) is 49.8. The molecular formula is C33H50BNNa2O15S. The second-order valence-electron chi connectivity index (χ2n) is 15.4. The second-order valence-corrected chi connectivity index (χ2v) is 16.4. The van der Waals surface area contributed by atoms with E-state index in [9.17, 15) is 43.0 Å². The van der Waals surface area contributed by atoms with Crippen molar-refractivity contribution in [3.63, 3.8) is 0 Å². The minimum atomic E-state index is -5.30. The Morgan fingerprint density at radius 2 is 1.36 bits per heavy atom. The molecule has 4 unspecified atom stereocenters. The van der Waals surface area contributed by atoms with Crippen molar-refractivity contribution in [2.75, 3.05) is 19.8 Å². The van der Waals surface area contributed by atoms with Gasteiger partial charge in [-0.05, 0) is 67.9 Å². The van der Waals surface area contributed by atoms with Crippen LogP contribution in [0.1, 0.15) is 81.7 Å². The molecule has 2 heterocycles. The molecular weight excluding hydrogens is 739 g/mol. The van der Waals surface area contributed by atoms with E-state index in [4.69, 9.17) is 35.8 Å². The summed E-state index contributed by atoms with van der Waals surface area (Å²) in [5.74, 6) is -4.37. The Morgan fingerprint density at radius 1 is 0.830 bits per heavy atom. The molecule has 16 nitrogen and oxygen atoms in total. The van der Waals surface area contributed by atoms with Crippen LogP contribution in [0.15, 0.2) is 30.3 Å². The van der Waals surface area contributed by atoms with E-state index in [0.717, 1.165) is 27.7 Å². The molecule has 2 aliphatic heterocycles. The fraction of sp³-hybridized carbons (Fsp3) is 0.758. The third kappa shape index (κ3) is 7.98. The molecule has 2 fully saturated rings. The van der Waals surface area contributed by atoms with Crippen LogP contribution in [-0.2, 0) is 54.4 Å². The number of aliphatic hydroxyl groups is 3. The maximum absolute atomic E-state index is 13.0. The van der Waals surface area contributed by atoms with E-state index in [0.29, 0.717) is 5.56 Å². The van der Waals surface area contributed by atoms with Gasteiger partial charge in [0.15, 0.2) is 5.79 Å². The molecule has 10 atom stereocenters. The van der Waals surface area contributed by atoms with Gasteiger partial charge in [0.05, 0.1) is 38.0 Å². The van der Waals surface area contributed by atoms with E-state index >= 15 is 0 Å². The molecule has 0 bridgehead atoms. The van der Waals surface area contributed by atoms with Crippen LogP contribution >= 0.6 is 0 Å². The molecule has 3 rings (SSSR count). The first kappa shape index (κ1) is 50.8. The average Bonchev–Trinajstić information content (AvgIpc) is 3.00. The largest absolute Gasteiger partial charge is 1.00 e. The molecule has 2 aliphatic rings. The molecule has 53 heavy (non-hydrogen) atoms. The van der Waals surface area contributed by atoms with E-state index < -0.39 is 98.0 Å². The van der Waals surface area contributed by atoms with Crippen LogP contribution in [0.4, 0.5) is 0 Å². The minimum absolute atomic E-state index is 0. The molecule has 288 valence electrons. The summed E-state index contributed by atoms with van der Waals surface area (Å²) >= 11 is 0. The zero-order valence-corrected chi connectivity index (χ0v) is 37.8. The Hall–Kier alpha value is -0.225. The van der Waals surface area contributed by atoms with Gasteiger partial charge in [-0.15, -0.1) is 0 Å². The summed E-state index contributed by atoms with van der Waals surface area (Å²) in [5.41, 5.74) is -18.8. The van der Waals surface area contributed by atoms with Gasteiger partial charge >= 0.3 is 59.1 Å². The summed E-state index contributed by atoms with van der Waals surface area (Å²) in [6.45, 7) is 11.8. The monoisotopic (exact) mass is 789 g/mol. The Bertz CT molecular complexity index is 1610. The Labute approximate surface area is 357 Å². The molecule has 2 radical (unpaired) electrons. The Balaban J connectivity index is 0.00000702. The number of carboxylic acid groups (broad SMARTS) is 1. The first-order valence-electron chi connectivity index (χ1n) is 16.1. The summed E-state index contributed by atoms with van der Waals surface area (Å²) in [6.07, 6.45) is 0. The van der Waals surface area contributed by atoms with E-state index in [2.05, 4.69) is 5.32 Å². The van der Waals surface area contributed by atoms with Gasteiger partial charge in [0.25, 0.3) is 8.05 Å². The van der Waals surface area contributed by atoms with Gasteiger partial charge in [-0.2, -0.15) is 0 Å². The molecule has 4 N–H and O–H groups in total. The minimum Gasteiger partial charge on any atom is -0.726 e. The first-order chi connectivity index (χ1) is 22.8. The maximum atomic E-state index is 13.0. The number of amides is 1. The normalized spacial score (nSPS) is 42.8. The SMILES string of the molecule is [B]O[C@]1(C)C(C)(COS(=O)(=O)[O-])OC(C)(OCc2ccccc2)[C@@](C)(NC(C)=O)[C@]1(C)COCC1(C)OC(C)(C(=O)[O-])[C@@](C)(O)[C@@](C)(O)[C@]1(C)O.[Na+].[Na+]. The molecule has 1 aromatic carbocycles. The molecule has 2 saturated heterocycles. The molecule has 1 amide bonds. The number of carbonyl (C=O) groups excluding carboxylic acids is 2. The predicted octanol–water partition coefficient (Wildman–Crippen LogP) is -6.48. The van der Waals surface area contributed by atoms with E-state index in [1.165, 1.54) is 34.6 Å². The number of nitrogens with one attached hydrogen (secondary N) is 1. The number of ether oxygens (including phenoxy) is 4. The van der Waals surface area contributed by atoms with Crippen LogP contribution in [0, 0.1) is 5.41 Å². The van der Waals surface area contributed by atoms with Crippen LogP contribution in [0.5, 0.6) is 0 Å². The van der Waals surface area contributed by atoms with Crippen LogP contribution in [0.2, 0.25) is 0 Å². The molecule has 0 aliphatic carbocycles. The molecule has 0 saturated carbocycles. The van der Waals surface area contributed by atoms with E-state index in [1.807, 2.05) is 0 Å². The van der Waals surface area contributed by atoms with Crippen molar-refractivity contribution < 1.29 is 130 Å². The second kappa shape index (κ2) is 16.2. The van der Waals surface area contributed by atoms with Gasteiger partial charge in [-0.1, -0.05) is 37.3 Å². The quantitative estimate of drug-likeness (QED) is 0.0826. The molecule has 20 heteroatoms. The van der Waals surface area contributed by atoms with Crippen molar-refractivity contribution in [2.45, 2.75) is 133 Å². The predicted molar refractivity (Wildman–Crippen MR) is 176 cm³/mol. The van der Waals surface area contributed by atoms with Crippen LogP contribution in [0.3, 0.4) is 0 Å². The fourth-order valence-corrected chi connectivity index (χ4v) is 7.98. The first-order valence-corrected chi connectivity index (χ1v) is 17.5. The smallest absolute Gasteiger partial charge is 0.726 e. The van der Waals surface area contributed by atoms with Crippen molar-refractivity contribution in [2.24, 2.45) is 5.41 Å². The maximum Gasteiger partial charge on any atom is 1.00 e. The number of hydrogen-bond acceptors (Lipinski definition) is 15. The van der Waals surface area contributed by atoms with Gasteiger partial charge in [0, 0.05) is 12.3 Å². The van der Waals surface area contributed by atoms with Crippen molar-refractivity contribution in [3.05, 3.63) is 35.9 Å². The summed E-state index contributed by atoms with van der Waals surface area (Å²) in [6, 6.07) is 8.88. The number of carboxylic acids is 1. The number of carbonyl (C=O) groups is 2. The van der Waals surface area contributed by atoms with Crippen molar-refractivity contribution in [1.82, 2.24) is 5.32 Å². The van der Waals surface area contributed by atoms with Gasteiger partial charge in [-0.3, -0.25) is 8.98 Å². The van der Waals surface area contributed by atoms with Crippen molar-refractivity contribution >= 4 is 30.3 Å². The van der Waals surface area contributed by atoms with Gasteiger partial charge in [0.2, 0.25) is 16.3 Å². The average molecular weight is 790 g/mol. The van der Waals surface area contributed by atoms with Crippen molar-refractivity contribution in [3.8, 4) is 0 Å². The van der Waals surface area contributed by atoms with Crippen molar-refractivity contribution in [1.29, 1.82) is 0 Å². The van der Waals surface area contributed by atoms with E-state index in [1.54, 1.807) is 44.2 Å². The Morgan fingerprint density at radius 3 is 1.81 bits per heavy atom. The van der Waals surface area contributed by atoms with Crippen LogP contribution < -0.4 is 69.5 Å². The Kier molecular flexibility index (Phi) is 15.5. The molecule has 1 aromatic rings. The topological polar surface area (TPSA) is 242 Å². The van der Waals surface area contributed by atoms with E-state index in [-0.39, 0.29) is 65.7 Å². The number of aliphatic carboxylic acids is 1. The number of rotatable bonds is 13. The zero-order valence-electron chi connectivity index (χ0n) is 32.9. The summed E-state index contributed by atoms with van der Waals surface area (Å²) < 4.78 is 70.6. The van der Waals surface area contributed by atoms with Gasteiger partial charge < -0.3 is 58.7 Å². The van der Waals surface area contributed by atoms with Crippen LogP contribution in [-0.4, -0.2) is 119 Å². The summed E-state index contributed by atoms with van der Waals surface area (Å²) in [7, 11) is 0.683. The fourth-order valence-electron chi connectivity index (χ4n) is 7.62. The number of benzene rings is 1. The van der Waals surface area contributed by atoms with Gasteiger partial charge in [-0.25, -0.2) is 8.42 Å². The third-order valence-electron chi connectivity index (χ3n) is 12.4. The van der Waals surface area contributed by atoms with Gasteiger partial charge in [0.1, 0.15) is 39.1 Å². The number of hydrogen-bond donors (Lipinski definition) is 4. The molecule has 0 aromatic heterocycles. The summed E-state index contributed by atoms with van der Waals surface area (Å²) in [4.78, 5) is 25.4. The molecule has 0 spiro atoms. The third-order valence-corrected chi connectivity index (χ3v) is 12.8. The zero-order chi connectivity index (χ0) is 39.5. The standard InChI is InChI=1S/C33H52BNO15S.2Na/c1-21(36)35-28(6)24(2,18-45-19-25(3)29(7,39)31(9,41)30(8,40)27(5,48-25)23(37)38)32(10,50-34)26(4,20-47-51(42,43)44)49-33(28,11)46-17-22-15-13-12-14-16-22;;/h12-16,39-41H,17-20H2,1-11H3,(H,35,36)(H,37,38)(H,42,43,44);;/q;2*+1/p-2/t24-,25?,26?,27?,28-,29+,30+,31-,32-,33?;;/m0../s1.